The summed E-state index contributed by atoms with van der Waals surface area (Å²) in [5.41, 5.74) is -0.353. The molecule has 0 amide bonds. The highest BCUT2D eigenvalue weighted by atomic mass is 16.5. The molecule has 1 aromatic rings. The van der Waals surface area contributed by atoms with Crippen LogP contribution in [0.25, 0.3) is 0 Å². The quantitative estimate of drug-likeness (QED) is 0.791. The maximum Gasteiger partial charge on any atom is 0.339 e. The Morgan fingerprint density at radius 2 is 2.40 bits per heavy atom. The van der Waals surface area contributed by atoms with Gasteiger partial charge in [-0.05, 0) is 26.3 Å². The molecular weight excluding hydrogens is 194 g/mol. The van der Waals surface area contributed by atoms with Gasteiger partial charge in [0.2, 0.25) is 0 Å². The van der Waals surface area contributed by atoms with E-state index in [-0.39, 0.29) is 11.7 Å². The van der Waals surface area contributed by atoms with Gasteiger partial charge < -0.3 is 14.5 Å². The van der Waals surface area contributed by atoms with E-state index in [1.165, 1.54) is 6.07 Å². The Bertz CT molecular complexity index is 380. The largest absolute Gasteiger partial charge is 0.489 e. The third-order valence-corrected chi connectivity index (χ3v) is 2.42. The molecule has 0 aliphatic carbocycles. The third-order valence-electron chi connectivity index (χ3n) is 2.42. The van der Waals surface area contributed by atoms with E-state index >= 15 is 0 Å². The van der Waals surface area contributed by atoms with Crippen molar-refractivity contribution in [3.63, 3.8) is 0 Å². The van der Waals surface area contributed by atoms with Crippen molar-refractivity contribution in [1.82, 2.24) is 5.32 Å². The number of aryl methyl sites for hydroxylation is 1. The van der Waals surface area contributed by atoms with Crippen molar-refractivity contribution in [3.05, 3.63) is 28.3 Å². The molecule has 0 bridgehead atoms. The van der Waals surface area contributed by atoms with Gasteiger partial charge in [-0.25, -0.2) is 4.79 Å². The predicted octanol–water partition coefficient (Wildman–Crippen LogP) is 1.08. The Kier molecular flexibility index (Phi) is 3.06. The Hall–Kier alpha value is -1.29. The van der Waals surface area contributed by atoms with E-state index in [0.29, 0.717) is 11.5 Å². The van der Waals surface area contributed by atoms with Gasteiger partial charge in [0, 0.05) is 12.6 Å². The summed E-state index contributed by atoms with van der Waals surface area (Å²) in [6, 6.07) is 3.14. The van der Waals surface area contributed by atoms with E-state index in [4.69, 9.17) is 9.15 Å². The molecular formula is C11H15NO3. The zero-order valence-electron chi connectivity index (χ0n) is 8.79. The van der Waals surface area contributed by atoms with E-state index < -0.39 is 0 Å². The lowest BCUT2D eigenvalue weighted by atomic mass is 10.1. The van der Waals surface area contributed by atoms with E-state index in [0.717, 1.165) is 25.9 Å². The predicted molar refractivity (Wildman–Crippen MR) is 56.2 cm³/mol. The minimum Gasteiger partial charge on any atom is -0.489 e. The SMILES string of the molecule is Cc1cc(O[C@@H]2CCCNC2)cc(=O)o1. The number of piperidine rings is 1. The summed E-state index contributed by atoms with van der Waals surface area (Å²) in [6.07, 6.45) is 2.32. The van der Waals surface area contributed by atoms with Crippen molar-refractivity contribution in [2.24, 2.45) is 0 Å². The number of ether oxygens (including phenoxy) is 1. The molecule has 0 unspecified atom stereocenters. The average molecular weight is 209 g/mol. The van der Waals surface area contributed by atoms with Crippen molar-refractivity contribution < 1.29 is 9.15 Å². The molecule has 2 heterocycles. The minimum absolute atomic E-state index is 0.167. The number of hydrogen-bond acceptors (Lipinski definition) is 4. The second-order valence-electron chi connectivity index (χ2n) is 3.81. The Balaban J connectivity index is 2.06. The zero-order chi connectivity index (χ0) is 10.7. The Morgan fingerprint density at radius 3 is 3.07 bits per heavy atom. The molecule has 0 aromatic carbocycles. The highest BCUT2D eigenvalue weighted by molar-refractivity contribution is 5.20. The number of rotatable bonds is 2. The second kappa shape index (κ2) is 4.49. The van der Waals surface area contributed by atoms with Gasteiger partial charge in [-0.1, -0.05) is 0 Å². The van der Waals surface area contributed by atoms with Gasteiger partial charge in [0.05, 0.1) is 6.07 Å². The molecule has 2 rings (SSSR count). The van der Waals surface area contributed by atoms with Crippen molar-refractivity contribution in [2.75, 3.05) is 13.1 Å². The molecule has 1 aliphatic heterocycles. The van der Waals surface area contributed by atoms with E-state index in [2.05, 4.69) is 5.32 Å². The normalized spacial score (nSPS) is 21.3. The van der Waals surface area contributed by atoms with Crippen molar-refractivity contribution in [3.8, 4) is 5.75 Å². The molecule has 82 valence electrons. The van der Waals surface area contributed by atoms with Crippen LogP contribution in [-0.2, 0) is 0 Å². The van der Waals surface area contributed by atoms with Gasteiger partial charge in [0.15, 0.2) is 0 Å². The smallest absolute Gasteiger partial charge is 0.339 e. The van der Waals surface area contributed by atoms with Crippen LogP contribution in [0.15, 0.2) is 21.3 Å². The first kappa shape index (κ1) is 10.2. The van der Waals surface area contributed by atoms with Crippen LogP contribution in [0, 0.1) is 6.92 Å². The van der Waals surface area contributed by atoms with Crippen molar-refractivity contribution in [2.45, 2.75) is 25.9 Å². The lowest BCUT2D eigenvalue weighted by Crippen LogP contribution is -2.37. The highest BCUT2D eigenvalue weighted by Gasteiger charge is 2.14. The molecule has 1 aromatic heterocycles. The molecule has 1 N–H and O–H groups in total. The molecule has 1 fully saturated rings. The minimum atomic E-state index is -0.353. The van der Waals surface area contributed by atoms with Gasteiger partial charge in [-0.2, -0.15) is 0 Å². The van der Waals surface area contributed by atoms with Crippen molar-refractivity contribution in [1.29, 1.82) is 0 Å². The van der Waals surface area contributed by atoms with Crippen LogP contribution in [0.3, 0.4) is 0 Å². The van der Waals surface area contributed by atoms with Crippen LogP contribution < -0.4 is 15.7 Å². The molecule has 15 heavy (non-hydrogen) atoms. The first-order valence-electron chi connectivity index (χ1n) is 5.23. The monoisotopic (exact) mass is 209 g/mol. The van der Waals surface area contributed by atoms with Gasteiger partial charge in [-0.15, -0.1) is 0 Å². The Morgan fingerprint density at radius 1 is 1.53 bits per heavy atom. The van der Waals surface area contributed by atoms with Crippen LogP contribution in [-0.4, -0.2) is 19.2 Å². The number of nitrogens with one attached hydrogen (secondary N) is 1. The summed E-state index contributed by atoms with van der Waals surface area (Å²) in [7, 11) is 0. The summed E-state index contributed by atoms with van der Waals surface area (Å²) < 4.78 is 10.6. The summed E-state index contributed by atoms with van der Waals surface area (Å²) in [5.74, 6) is 1.19. The lowest BCUT2D eigenvalue weighted by Gasteiger charge is -2.23. The molecule has 0 radical (unpaired) electrons. The molecule has 0 spiro atoms. The lowest BCUT2D eigenvalue weighted by molar-refractivity contribution is 0.165. The zero-order valence-corrected chi connectivity index (χ0v) is 8.79. The fourth-order valence-electron chi connectivity index (χ4n) is 1.76. The van der Waals surface area contributed by atoms with E-state index in [1.807, 2.05) is 0 Å². The fraction of sp³-hybridized carbons (Fsp3) is 0.545. The van der Waals surface area contributed by atoms with Crippen LogP contribution in [0.5, 0.6) is 5.75 Å². The maximum atomic E-state index is 11.1. The number of hydrogen-bond donors (Lipinski definition) is 1. The molecule has 0 saturated carbocycles. The highest BCUT2D eigenvalue weighted by Crippen LogP contribution is 2.14. The van der Waals surface area contributed by atoms with Gasteiger partial charge in [-0.3, -0.25) is 0 Å². The summed E-state index contributed by atoms with van der Waals surface area (Å²) >= 11 is 0. The first-order chi connectivity index (χ1) is 7.24. The molecule has 4 heteroatoms. The molecule has 4 nitrogen and oxygen atoms in total. The summed E-state index contributed by atoms with van der Waals surface area (Å²) in [5, 5.41) is 3.26. The maximum absolute atomic E-state index is 11.1. The van der Waals surface area contributed by atoms with Gasteiger partial charge in [0.1, 0.15) is 17.6 Å². The van der Waals surface area contributed by atoms with Crippen LogP contribution >= 0.6 is 0 Å². The summed E-state index contributed by atoms with van der Waals surface area (Å²) in [6.45, 7) is 3.64. The molecule has 1 aliphatic rings. The van der Waals surface area contributed by atoms with Crippen molar-refractivity contribution >= 4 is 0 Å². The molecule has 1 atom stereocenters. The topological polar surface area (TPSA) is 51.5 Å². The fourth-order valence-corrected chi connectivity index (χ4v) is 1.76. The van der Waals surface area contributed by atoms with E-state index in [1.54, 1.807) is 13.0 Å². The Labute approximate surface area is 88.2 Å². The third kappa shape index (κ3) is 2.83. The second-order valence-corrected chi connectivity index (χ2v) is 3.81. The van der Waals surface area contributed by atoms with Crippen LogP contribution in [0.4, 0.5) is 0 Å². The molecule has 1 saturated heterocycles. The van der Waals surface area contributed by atoms with Crippen LogP contribution in [0.2, 0.25) is 0 Å². The first-order valence-corrected chi connectivity index (χ1v) is 5.23. The summed E-state index contributed by atoms with van der Waals surface area (Å²) in [4.78, 5) is 11.1. The standard InChI is InChI=1S/C11H15NO3/c1-8-5-10(6-11(13)14-8)15-9-3-2-4-12-7-9/h5-6,9,12H,2-4,7H2,1H3/t9-/m1/s1. The van der Waals surface area contributed by atoms with Gasteiger partial charge in [0.25, 0.3) is 0 Å². The van der Waals surface area contributed by atoms with E-state index in [9.17, 15) is 4.79 Å². The average Bonchev–Trinajstić information content (AvgIpc) is 2.17. The van der Waals surface area contributed by atoms with Crippen LogP contribution in [0.1, 0.15) is 18.6 Å². The van der Waals surface area contributed by atoms with Gasteiger partial charge >= 0.3 is 5.63 Å².